The van der Waals surface area contributed by atoms with Crippen LogP contribution in [0.5, 0.6) is 0 Å². The second-order valence-corrected chi connectivity index (χ2v) is 4.94. The number of hydrogen-bond donors (Lipinski definition) is 2. The molecule has 1 atom stereocenters. The number of carbonyl (C=O) groups excluding carboxylic acids is 1. The number of carboxylic acid groups (broad SMARTS) is 1. The Morgan fingerprint density at radius 2 is 2.11 bits per heavy atom. The minimum absolute atomic E-state index is 0.176. The zero-order valence-electron chi connectivity index (χ0n) is 10.5. The zero-order chi connectivity index (χ0) is 13.9. The smallest absolute Gasteiger partial charge is 0.327 e. The van der Waals surface area contributed by atoms with Crippen LogP contribution in [0, 0.1) is 6.92 Å². The summed E-state index contributed by atoms with van der Waals surface area (Å²) in [6, 6.07) is -0.936. The average molecular weight is 272 g/mol. The Bertz CT molecular complexity index is 518. The van der Waals surface area contributed by atoms with E-state index in [-0.39, 0.29) is 11.5 Å². The van der Waals surface area contributed by atoms with Gasteiger partial charge in [0, 0.05) is 12.6 Å². The summed E-state index contributed by atoms with van der Waals surface area (Å²) in [4.78, 5) is 36.7. The molecule has 1 aromatic rings. The normalized spacial score (nSPS) is 12.4. The van der Waals surface area contributed by atoms with Crippen molar-refractivity contribution in [1.29, 1.82) is 0 Å². The quantitative estimate of drug-likeness (QED) is 0.756. The lowest BCUT2D eigenvalue weighted by Gasteiger charge is -2.14. The van der Waals surface area contributed by atoms with E-state index >= 15 is 0 Å². The summed E-state index contributed by atoms with van der Waals surface area (Å²) in [6.45, 7) is 2.91. The van der Waals surface area contributed by atoms with Gasteiger partial charge in [0.25, 0.3) is 0 Å². The van der Waals surface area contributed by atoms with Crippen molar-refractivity contribution in [2.24, 2.45) is 0 Å². The van der Waals surface area contributed by atoms with Gasteiger partial charge in [-0.2, -0.15) is 11.8 Å². The summed E-state index contributed by atoms with van der Waals surface area (Å²) in [5, 5.41) is 9.18. The van der Waals surface area contributed by atoms with Crippen LogP contribution in [0.2, 0.25) is 0 Å². The predicted octanol–water partition coefficient (Wildman–Crippen LogP) is 1.07. The number of imidazole rings is 1. The van der Waals surface area contributed by atoms with Crippen LogP contribution >= 0.6 is 11.8 Å². The number of ketones is 1. The molecule has 1 heterocycles. The Balaban J connectivity index is 3.24. The lowest BCUT2D eigenvalue weighted by molar-refractivity contribution is -0.141. The molecule has 0 aliphatic carbocycles. The van der Waals surface area contributed by atoms with Crippen molar-refractivity contribution in [1.82, 2.24) is 9.55 Å². The third kappa shape index (κ3) is 2.84. The summed E-state index contributed by atoms with van der Waals surface area (Å²) in [5.74, 6) is -0.718. The van der Waals surface area contributed by atoms with Gasteiger partial charge in [0.2, 0.25) is 0 Å². The van der Waals surface area contributed by atoms with Crippen LogP contribution in [-0.2, 0) is 4.79 Å². The Morgan fingerprint density at radius 1 is 1.50 bits per heavy atom. The fraction of sp³-hybridized carbons (Fsp3) is 0.545. The molecule has 1 aromatic heterocycles. The van der Waals surface area contributed by atoms with Gasteiger partial charge in [-0.15, -0.1) is 0 Å². The first-order valence-electron chi connectivity index (χ1n) is 5.44. The van der Waals surface area contributed by atoms with E-state index in [0.717, 1.165) is 4.57 Å². The number of H-pyrrole nitrogens is 1. The number of aromatic nitrogens is 2. The second kappa shape index (κ2) is 5.90. The van der Waals surface area contributed by atoms with Crippen LogP contribution in [0.4, 0.5) is 0 Å². The maximum atomic E-state index is 11.8. The molecule has 0 fully saturated rings. The maximum absolute atomic E-state index is 11.8. The molecule has 100 valence electrons. The number of Topliss-reactive ketones (excluding diaryl/α,β-unsaturated/α-hetero) is 1. The number of nitrogens with zero attached hydrogens (tertiary/aromatic N) is 1. The number of hydrogen-bond acceptors (Lipinski definition) is 4. The molecular formula is C11H16N2O4S. The van der Waals surface area contributed by atoms with Crippen molar-refractivity contribution in [2.75, 3.05) is 12.0 Å². The number of rotatable bonds is 6. The molecule has 0 saturated heterocycles. The fourth-order valence-electron chi connectivity index (χ4n) is 1.84. The first kappa shape index (κ1) is 14.6. The fourth-order valence-corrected chi connectivity index (χ4v) is 2.30. The van der Waals surface area contributed by atoms with Gasteiger partial charge in [-0.05, 0) is 25.4 Å². The Kier molecular flexibility index (Phi) is 4.77. The topological polar surface area (TPSA) is 92.2 Å². The van der Waals surface area contributed by atoms with Gasteiger partial charge in [-0.25, -0.2) is 9.59 Å². The molecule has 0 aliphatic rings. The van der Waals surface area contributed by atoms with Crippen molar-refractivity contribution >= 4 is 23.5 Å². The zero-order valence-corrected chi connectivity index (χ0v) is 11.3. The van der Waals surface area contributed by atoms with Crippen molar-refractivity contribution in [3.05, 3.63) is 21.9 Å². The highest BCUT2D eigenvalue weighted by Crippen LogP contribution is 2.17. The Morgan fingerprint density at radius 3 is 2.50 bits per heavy atom. The van der Waals surface area contributed by atoms with Gasteiger partial charge >= 0.3 is 11.7 Å². The number of aromatic amines is 1. The lowest BCUT2D eigenvalue weighted by atomic mass is 10.2. The van der Waals surface area contributed by atoms with Crippen LogP contribution in [-0.4, -0.2) is 38.4 Å². The van der Waals surface area contributed by atoms with Crippen molar-refractivity contribution in [2.45, 2.75) is 26.3 Å². The first-order valence-corrected chi connectivity index (χ1v) is 6.83. The van der Waals surface area contributed by atoms with Crippen LogP contribution in [0.15, 0.2) is 4.79 Å². The highest BCUT2D eigenvalue weighted by atomic mass is 32.2. The van der Waals surface area contributed by atoms with E-state index in [2.05, 4.69) is 4.98 Å². The third-order valence-electron chi connectivity index (χ3n) is 2.72. The molecule has 0 bridgehead atoms. The van der Waals surface area contributed by atoms with Crippen LogP contribution in [0.25, 0.3) is 0 Å². The standard InChI is InChI=1S/C11H16N2O4S/c1-6-9(7(2)14)12-11(17)13(6)8(10(15)16)4-5-18-3/h8H,4-5H2,1-3H3,(H,12,17)(H,15,16)/t8-/m1/s1. The van der Waals surface area contributed by atoms with E-state index in [9.17, 15) is 19.5 Å². The van der Waals surface area contributed by atoms with Gasteiger partial charge in [0.15, 0.2) is 5.78 Å². The highest BCUT2D eigenvalue weighted by molar-refractivity contribution is 7.98. The van der Waals surface area contributed by atoms with E-state index in [1.807, 2.05) is 6.26 Å². The van der Waals surface area contributed by atoms with E-state index in [1.54, 1.807) is 6.92 Å². The van der Waals surface area contributed by atoms with Crippen LogP contribution in [0.3, 0.4) is 0 Å². The van der Waals surface area contributed by atoms with E-state index in [4.69, 9.17) is 0 Å². The minimum Gasteiger partial charge on any atom is -0.480 e. The molecule has 0 radical (unpaired) electrons. The summed E-state index contributed by atoms with van der Waals surface area (Å²) in [6.07, 6.45) is 2.21. The molecule has 0 saturated carbocycles. The van der Waals surface area contributed by atoms with Gasteiger partial charge in [-0.1, -0.05) is 0 Å². The molecule has 18 heavy (non-hydrogen) atoms. The molecule has 2 N–H and O–H groups in total. The molecule has 6 nitrogen and oxygen atoms in total. The number of thioether (sulfide) groups is 1. The molecule has 0 spiro atoms. The first-order chi connectivity index (χ1) is 8.40. The van der Waals surface area contributed by atoms with Gasteiger partial charge in [-0.3, -0.25) is 9.36 Å². The van der Waals surface area contributed by atoms with Crippen LogP contribution < -0.4 is 5.69 Å². The molecule has 0 aliphatic heterocycles. The Labute approximate surface area is 108 Å². The maximum Gasteiger partial charge on any atom is 0.327 e. The van der Waals surface area contributed by atoms with Gasteiger partial charge < -0.3 is 10.1 Å². The largest absolute Gasteiger partial charge is 0.480 e. The number of aliphatic carboxylic acids is 1. The molecule has 0 amide bonds. The molecule has 1 rings (SSSR count). The summed E-state index contributed by atoms with van der Waals surface area (Å²) >= 11 is 1.51. The van der Waals surface area contributed by atoms with E-state index in [0.29, 0.717) is 17.9 Å². The lowest BCUT2D eigenvalue weighted by Crippen LogP contribution is -2.29. The average Bonchev–Trinajstić information content (AvgIpc) is 2.57. The predicted molar refractivity (Wildman–Crippen MR) is 69.5 cm³/mol. The molecule has 0 unspecified atom stereocenters. The summed E-state index contributed by atoms with van der Waals surface area (Å²) in [7, 11) is 0. The van der Waals surface area contributed by atoms with Crippen molar-refractivity contribution < 1.29 is 14.7 Å². The summed E-state index contributed by atoms with van der Waals surface area (Å²) < 4.78 is 1.15. The van der Waals surface area contributed by atoms with Gasteiger partial charge in [0.1, 0.15) is 11.7 Å². The molecule has 7 heteroatoms. The molecule has 0 aromatic carbocycles. The van der Waals surface area contributed by atoms with Crippen molar-refractivity contribution in [3.8, 4) is 0 Å². The third-order valence-corrected chi connectivity index (χ3v) is 3.36. The monoisotopic (exact) mass is 272 g/mol. The Hall–Kier alpha value is -1.50. The number of nitrogens with one attached hydrogen (secondary N) is 1. The minimum atomic E-state index is -1.07. The van der Waals surface area contributed by atoms with Gasteiger partial charge in [0.05, 0.1) is 0 Å². The van der Waals surface area contributed by atoms with Crippen LogP contribution in [0.1, 0.15) is 35.6 Å². The number of carboxylic acids is 1. The van der Waals surface area contributed by atoms with E-state index < -0.39 is 17.7 Å². The highest BCUT2D eigenvalue weighted by Gasteiger charge is 2.25. The number of carbonyl (C=O) groups is 2. The SMILES string of the molecule is CSCC[C@H](C(=O)O)n1c(C)c(C(C)=O)[nH]c1=O. The molecular weight excluding hydrogens is 256 g/mol. The van der Waals surface area contributed by atoms with E-state index in [1.165, 1.54) is 18.7 Å². The second-order valence-electron chi connectivity index (χ2n) is 3.95. The summed E-state index contributed by atoms with van der Waals surface area (Å²) in [5.41, 5.74) is 0.00241. The van der Waals surface area contributed by atoms with Crippen molar-refractivity contribution in [3.63, 3.8) is 0 Å².